The monoisotopic (exact) mass is 327 g/mol. The van der Waals surface area contributed by atoms with Crippen LogP contribution in [-0.4, -0.2) is 50.3 Å². The number of aromatic nitrogens is 1. The molecular formula is C19H25N3O2. The quantitative estimate of drug-likeness (QED) is 0.914. The molecule has 2 aromatic rings. The largest absolute Gasteiger partial charge is 0.496 e. The highest BCUT2D eigenvalue weighted by atomic mass is 16.5. The summed E-state index contributed by atoms with van der Waals surface area (Å²) in [5, 5.41) is 3.42. The van der Waals surface area contributed by atoms with Crippen LogP contribution < -0.4 is 14.8 Å². The molecule has 1 aliphatic heterocycles. The molecule has 1 unspecified atom stereocenters. The summed E-state index contributed by atoms with van der Waals surface area (Å²) in [7, 11) is 3.41. The molecular weight excluding hydrogens is 302 g/mol. The van der Waals surface area contributed by atoms with Gasteiger partial charge in [0.05, 0.1) is 31.5 Å². The van der Waals surface area contributed by atoms with E-state index in [2.05, 4.69) is 23.2 Å². The number of nitrogens with zero attached hydrogens (tertiary/aromatic N) is 2. The van der Waals surface area contributed by atoms with E-state index in [1.54, 1.807) is 14.2 Å². The number of hydrogen-bond donors (Lipinski definition) is 1. The van der Waals surface area contributed by atoms with Gasteiger partial charge in [-0.25, -0.2) is 0 Å². The number of pyridine rings is 1. The molecule has 1 saturated heterocycles. The predicted octanol–water partition coefficient (Wildman–Crippen LogP) is 2.40. The molecule has 3 rings (SSSR count). The fraction of sp³-hybridized carbons (Fsp3) is 0.421. The Balaban J connectivity index is 2.17. The van der Waals surface area contributed by atoms with Crippen molar-refractivity contribution in [1.29, 1.82) is 0 Å². The van der Waals surface area contributed by atoms with Gasteiger partial charge in [-0.15, -0.1) is 0 Å². The van der Waals surface area contributed by atoms with Gasteiger partial charge < -0.3 is 14.8 Å². The van der Waals surface area contributed by atoms with Gasteiger partial charge in [-0.05, 0) is 30.7 Å². The summed E-state index contributed by atoms with van der Waals surface area (Å²) in [6.45, 7) is 5.98. The number of aryl methyl sites for hydroxylation is 1. The fourth-order valence-corrected chi connectivity index (χ4v) is 3.37. The summed E-state index contributed by atoms with van der Waals surface area (Å²) in [5.41, 5.74) is 3.28. The minimum atomic E-state index is 0.0133. The molecule has 0 saturated carbocycles. The van der Waals surface area contributed by atoms with Gasteiger partial charge in [-0.1, -0.05) is 12.1 Å². The normalized spacial score (nSPS) is 16.6. The van der Waals surface area contributed by atoms with Crippen molar-refractivity contribution in [3.05, 3.63) is 53.3 Å². The van der Waals surface area contributed by atoms with Gasteiger partial charge in [0.2, 0.25) is 0 Å². The molecule has 0 bridgehead atoms. The molecule has 1 fully saturated rings. The number of nitrogens with one attached hydrogen (secondary N) is 1. The first-order valence-electron chi connectivity index (χ1n) is 8.33. The molecule has 128 valence electrons. The number of piperazine rings is 1. The highest BCUT2D eigenvalue weighted by Crippen LogP contribution is 2.41. The summed E-state index contributed by atoms with van der Waals surface area (Å²) in [6.07, 6.45) is 1.86. The van der Waals surface area contributed by atoms with Crippen LogP contribution >= 0.6 is 0 Å². The van der Waals surface area contributed by atoms with E-state index in [1.165, 1.54) is 5.56 Å². The maximum Gasteiger partial charge on any atom is 0.127 e. The molecule has 5 nitrogen and oxygen atoms in total. The zero-order valence-electron chi connectivity index (χ0n) is 14.6. The molecule has 0 aliphatic carbocycles. The van der Waals surface area contributed by atoms with E-state index >= 15 is 0 Å². The maximum atomic E-state index is 5.67. The summed E-state index contributed by atoms with van der Waals surface area (Å²) in [4.78, 5) is 7.16. The average molecular weight is 327 g/mol. The Kier molecular flexibility index (Phi) is 5.33. The van der Waals surface area contributed by atoms with E-state index in [-0.39, 0.29) is 6.04 Å². The second kappa shape index (κ2) is 7.64. The van der Waals surface area contributed by atoms with E-state index < -0.39 is 0 Å². The molecule has 5 heteroatoms. The zero-order chi connectivity index (χ0) is 16.9. The van der Waals surface area contributed by atoms with E-state index in [0.29, 0.717) is 0 Å². The second-order valence-corrected chi connectivity index (χ2v) is 5.97. The van der Waals surface area contributed by atoms with Crippen molar-refractivity contribution in [3.63, 3.8) is 0 Å². The third-order valence-corrected chi connectivity index (χ3v) is 4.57. The molecule has 0 spiro atoms. The van der Waals surface area contributed by atoms with Crippen LogP contribution in [0.3, 0.4) is 0 Å². The molecule has 1 aromatic carbocycles. The topological polar surface area (TPSA) is 46.6 Å². The highest BCUT2D eigenvalue weighted by Gasteiger charge is 2.31. The van der Waals surface area contributed by atoms with Crippen molar-refractivity contribution >= 4 is 0 Å². The molecule has 2 heterocycles. The number of ether oxygens (including phenoxy) is 2. The standard InChI is InChI=1S/C19H25N3O2/c1-14-6-5-9-21-18(14)19(22-12-10-20-11-13-22)17-15(23-2)7-4-8-16(17)24-3/h4-9,19-20H,10-13H2,1-3H3. The van der Waals surface area contributed by atoms with E-state index in [4.69, 9.17) is 14.5 Å². The van der Waals surface area contributed by atoms with Crippen LogP contribution in [0.25, 0.3) is 0 Å². The average Bonchev–Trinajstić information content (AvgIpc) is 2.64. The smallest absolute Gasteiger partial charge is 0.127 e. The second-order valence-electron chi connectivity index (χ2n) is 5.97. The molecule has 24 heavy (non-hydrogen) atoms. The fourth-order valence-electron chi connectivity index (χ4n) is 3.37. The van der Waals surface area contributed by atoms with Crippen molar-refractivity contribution < 1.29 is 9.47 Å². The third kappa shape index (κ3) is 3.23. The number of methoxy groups -OCH3 is 2. The van der Waals surface area contributed by atoms with Crippen LogP contribution in [0.4, 0.5) is 0 Å². The van der Waals surface area contributed by atoms with Gasteiger partial charge in [0, 0.05) is 32.4 Å². The highest BCUT2D eigenvalue weighted by molar-refractivity contribution is 5.50. The summed E-state index contributed by atoms with van der Waals surface area (Å²) in [5.74, 6) is 1.67. The number of rotatable bonds is 5. The lowest BCUT2D eigenvalue weighted by Crippen LogP contribution is -2.45. The van der Waals surface area contributed by atoms with Gasteiger partial charge in [0.15, 0.2) is 0 Å². The van der Waals surface area contributed by atoms with Crippen LogP contribution in [0.2, 0.25) is 0 Å². The first-order valence-corrected chi connectivity index (χ1v) is 8.33. The maximum absolute atomic E-state index is 5.67. The lowest BCUT2D eigenvalue weighted by Gasteiger charge is -2.36. The summed E-state index contributed by atoms with van der Waals surface area (Å²) < 4.78 is 11.3. The van der Waals surface area contributed by atoms with Gasteiger partial charge in [0.25, 0.3) is 0 Å². The number of hydrogen-bond acceptors (Lipinski definition) is 5. The predicted molar refractivity (Wildman–Crippen MR) is 94.8 cm³/mol. The Morgan fingerprint density at radius 1 is 1.04 bits per heavy atom. The van der Waals surface area contributed by atoms with Crippen LogP contribution in [0, 0.1) is 6.92 Å². The Hall–Kier alpha value is -2.11. The molecule has 0 radical (unpaired) electrons. The minimum Gasteiger partial charge on any atom is -0.496 e. The van der Waals surface area contributed by atoms with Crippen LogP contribution in [-0.2, 0) is 0 Å². The number of benzene rings is 1. The SMILES string of the molecule is COc1cccc(OC)c1C(c1ncccc1C)N1CCNCC1. The van der Waals surface area contributed by atoms with Gasteiger partial charge in [0.1, 0.15) is 11.5 Å². The van der Waals surface area contributed by atoms with Crippen molar-refractivity contribution in [2.24, 2.45) is 0 Å². The molecule has 1 N–H and O–H groups in total. The zero-order valence-corrected chi connectivity index (χ0v) is 14.6. The lowest BCUT2D eigenvalue weighted by atomic mass is 9.95. The molecule has 1 atom stereocenters. The molecule has 0 amide bonds. The van der Waals surface area contributed by atoms with Gasteiger partial charge >= 0.3 is 0 Å². The Morgan fingerprint density at radius 3 is 2.29 bits per heavy atom. The lowest BCUT2D eigenvalue weighted by molar-refractivity contribution is 0.189. The summed E-state index contributed by atoms with van der Waals surface area (Å²) in [6, 6.07) is 10.0. The Labute approximate surface area is 143 Å². The van der Waals surface area contributed by atoms with Crippen molar-refractivity contribution in [1.82, 2.24) is 15.2 Å². The summed E-state index contributed by atoms with van der Waals surface area (Å²) >= 11 is 0. The Morgan fingerprint density at radius 2 is 1.71 bits per heavy atom. The van der Waals surface area contributed by atoms with Crippen LogP contribution in [0.15, 0.2) is 36.5 Å². The van der Waals surface area contributed by atoms with E-state index in [0.717, 1.165) is 48.9 Å². The molecule has 1 aromatic heterocycles. The third-order valence-electron chi connectivity index (χ3n) is 4.57. The van der Waals surface area contributed by atoms with Crippen LogP contribution in [0.1, 0.15) is 22.9 Å². The minimum absolute atomic E-state index is 0.0133. The Bertz CT molecular complexity index is 662. The first kappa shape index (κ1) is 16.7. The van der Waals surface area contributed by atoms with Gasteiger partial charge in [-0.2, -0.15) is 0 Å². The van der Waals surface area contributed by atoms with E-state index in [9.17, 15) is 0 Å². The first-order chi connectivity index (χ1) is 11.8. The van der Waals surface area contributed by atoms with E-state index in [1.807, 2.05) is 30.5 Å². The van der Waals surface area contributed by atoms with Crippen molar-refractivity contribution in [2.75, 3.05) is 40.4 Å². The van der Waals surface area contributed by atoms with Gasteiger partial charge in [-0.3, -0.25) is 9.88 Å². The van der Waals surface area contributed by atoms with Crippen molar-refractivity contribution in [3.8, 4) is 11.5 Å². The van der Waals surface area contributed by atoms with Crippen LogP contribution in [0.5, 0.6) is 11.5 Å². The molecule has 1 aliphatic rings. The van der Waals surface area contributed by atoms with Crippen molar-refractivity contribution in [2.45, 2.75) is 13.0 Å².